The van der Waals surface area contributed by atoms with Gasteiger partial charge in [0.2, 0.25) is 10.0 Å². The van der Waals surface area contributed by atoms with Crippen LogP contribution in [0.15, 0.2) is 77.7 Å². The van der Waals surface area contributed by atoms with Gasteiger partial charge in [-0.1, -0.05) is 48.5 Å². The molecule has 0 aromatic heterocycles. The minimum absolute atomic E-state index is 0.00911. The van der Waals surface area contributed by atoms with Gasteiger partial charge in [-0.05, 0) is 46.5 Å². The van der Waals surface area contributed by atoms with Crippen molar-refractivity contribution in [3.8, 4) is 11.1 Å². The lowest BCUT2D eigenvalue weighted by Crippen LogP contribution is -2.48. The number of nitrogens with zero attached hydrogens (tertiary/aromatic N) is 1. The van der Waals surface area contributed by atoms with E-state index in [-0.39, 0.29) is 23.7 Å². The lowest BCUT2D eigenvalue weighted by Gasteiger charge is -2.33. The van der Waals surface area contributed by atoms with Crippen molar-refractivity contribution >= 4 is 16.0 Å². The predicted octanol–water partition coefficient (Wildman–Crippen LogP) is 3.69. The fourth-order valence-electron chi connectivity index (χ4n) is 3.56. The summed E-state index contributed by atoms with van der Waals surface area (Å²) in [5.74, 6) is -1.52. The molecular formula is C22H18FNO4S. The van der Waals surface area contributed by atoms with E-state index in [0.717, 1.165) is 26.6 Å². The monoisotopic (exact) mass is 411 g/mol. The molecule has 0 spiro atoms. The van der Waals surface area contributed by atoms with E-state index in [1.807, 2.05) is 24.3 Å². The van der Waals surface area contributed by atoms with E-state index in [9.17, 15) is 22.7 Å². The Morgan fingerprint density at radius 2 is 1.45 bits per heavy atom. The highest BCUT2D eigenvalue weighted by Crippen LogP contribution is 2.30. The van der Waals surface area contributed by atoms with Gasteiger partial charge >= 0.3 is 5.97 Å². The minimum Gasteiger partial charge on any atom is -0.480 e. The molecule has 0 saturated carbocycles. The van der Waals surface area contributed by atoms with Gasteiger partial charge in [-0.15, -0.1) is 0 Å². The molecule has 4 rings (SSSR count). The Hall–Kier alpha value is -3.03. The molecule has 3 aromatic carbocycles. The summed E-state index contributed by atoms with van der Waals surface area (Å²) in [7, 11) is -4.01. The Labute approximate surface area is 168 Å². The zero-order valence-corrected chi connectivity index (χ0v) is 16.1. The summed E-state index contributed by atoms with van der Waals surface area (Å²) in [6, 6.07) is 18.2. The first-order valence-electron chi connectivity index (χ1n) is 9.04. The SMILES string of the molecule is O=C(O)[C@@H]1Cc2ccccc2CN1S(=O)(=O)c1ccc(-c2ccc(F)cc2)cc1. The number of benzene rings is 3. The van der Waals surface area contributed by atoms with Crippen LogP contribution in [0, 0.1) is 5.82 Å². The van der Waals surface area contributed by atoms with Gasteiger partial charge in [0.05, 0.1) is 4.90 Å². The summed E-state index contributed by atoms with van der Waals surface area (Å²) in [6.45, 7) is 0.00911. The molecule has 7 heteroatoms. The molecule has 0 saturated heterocycles. The fraction of sp³-hybridized carbons (Fsp3) is 0.136. The summed E-state index contributed by atoms with van der Waals surface area (Å²) in [5.41, 5.74) is 3.14. The molecule has 3 aromatic rings. The second kappa shape index (κ2) is 7.42. The van der Waals surface area contributed by atoms with Crippen LogP contribution in [-0.2, 0) is 27.8 Å². The Morgan fingerprint density at radius 3 is 2.03 bits per heavy atom. The van der Waals surface area contributed by atoms with Crippen molar-refractivity contribution in [3.05, 3.63) is 89.7 Å². The number of fused-ring (bicyclic) bond motifs is 1. The molecule has 0 unspecified atom stereocenters. The number of carboxylic acid groups (broad SMARTS) is 1. The molecule has 0 amide bonds. The molecule has 0 radical (unpaired) electrons. The van der Waals surface area contributed by atoms with Gasteiger partial charge < -0.3 is 5.11 Å². The first-order valence-corrected chi connectivity index (χ1v) is 10.5. The van der Waals surface area contributed by atoms with Crippen LogP contribution in [-0.4, -0.2) is 29.8 Å². The number of carboxylic acids is 1. The molecule has 0 aliphatic carbocycles. The zero-order chi connectivity index (χ0) is 20.6. The number of aliphatic carboxylic acids is 1. The molecule has 1 heterocycles. The van der Waals surface area contributed by atoms with E-state index >= 15 is 0 Å². The van der Waals surface area contributed by atoms with Crippen LogP contribution in [0.3, 0.4) is 0 Å². The second-order valence-corrected chi connectivity index (χ2v) is 8.80. The van der Waals surface area contributed by atoms with Gasteiger partial charge in [0.1, 0.15) is 11.9 Å². The molecule has 1 atom stereocenters. The highest BCUT2D eigenvalue weighted by Gasteiger charge is 2.39. The van der Waals surface area contributed by atoms with Crippen LogP contribution in [0.5, 0.6) is 0 Å². The van der Waals surface area contributed by atoms with E-state index in [0.29, 0.717) is 0 Å². The van der Waals surface area contributed by atoms with Crippen LogP contribution in [0.1, 0.15) is 11.1 Å². The smallest absolute Gasteiger partial charge is 0.322 e. The Kier molecular flexibility index (Phi) is 4.94. The average Bonchev–Trinajstić information content (AvgIpc) is 2.73. The second-order valence-electron chi connectivity index (χ2n) is 6.91. The predicted molar refractivity (Wildman–Crippen MR) is 106 cm³/mol. The first kappa shape index (κ1) is 19.3. The van der Waals surface area contributed by atoms with Crippen LogP contribution >= 0.6 is 0 Å². The van der Waals surface area contributed by atoms with Crippen molar-refractivity contribution in [1.82, 2.24) is 4.31 Å². The molecule has 5 nitrogen and oxygen atoms in total. The van der Waals surface area contributed by atoms with Crippen molar-refractivity contribution in [2.45, 2.75) is 23.9 Å². The van der Waals surface area contributed by atoms with Gasteiger partial charge in [0, 0.05) is 13.0 Å². The lowest BCUT2D eigenvalue weighted by atomic mass is 9.96. The van der Waals surface area contributed by atoms with E-state index in [4.69, 9.17) is 0 Å². The molecular weight excluding hydrogens is 393 g/mol. The highest BCUT2D eigenvalue weighted by atomic mass is 32.2. The van der Waals surface area contributed by atoms with E-state index in [2.05, 4.69) is 0 Å². The summed E-state index contributed by atoms with van der Waals surface area (Å²) in [4.78, 5) is 11.8. The third-order valence-electron chi connectivity index (χ3n) is 5.13. The van der Waals surface area contributed by atoms with Crippen LogP contribution in [0.4, 0.5) is 4.39 Å². The lowest BCUT2D eigenvalue weighted by molar-refractivity contribution is -0.141. The summed E-state index contributed by atoms with van der Waals surface area (Å²) in [5, 5.41) is 9.62. The summed E-state index contributed by atoms with van der Waals surface area (Å²) in [6.07, 6.45) is 0.123. The van der Waals surface area contributed by atoms with Crippen LogP contribution in [0.25, 0.3) is 11.1 Å². The van der Waals surface area contributed by atoms with Gasteiger partial charge in [-0.2, -0.15) is 4.31 Å². The maximum absolute atomic E-state index is 13.2. The van der Waals surface area contributed by atoms with E-state index in [1.165, 1.54) is 24.3 Å². The largest absolute Gasteiger partial charge is 0.480 e. The van der Waals surface area contributed by atoms with Crippen LogP contribution < -0.4 is 0 Å². The Balaban J connectivity index is 1.68. The van der Waals surface area contributed by atoms with Gasteiger partial charge in [-0.3, -0.25) is 4.79 Å². The molecule has 29 heavy (non-hydrogen) atoms. The van der Waals surface area contributed by atoms with E-state index < -0.39 is 22.0 Å². The molecule has 1 aliphatic heterocycles. The van der Waals surface area contributed by atoms with Gasteiger partial charge in [-0.25, -0.2) is 12.8 Å². The minimum atomic E-state index is -4.01. The molecule has 1 aliphatic rings. The normalized spacial score (nSPS) is 16.9. The highest BCUT2D eigenvalue weighted by molar-refractivity contribution is 7.89. The molecule has 0 bridgehead atoms. The van der Waals surface area contributed by atoms with Crippen LogP contribution in [0.2, 0.25) is 0 Å². The van der Waals surface area contributed by atoms with E-state index in [1.54, 1.807) is 24.3 Å². The van der Waals surface area contributed by atoms with Gasteiger partial charge in [0.15, 0.2) is 0 Å². The quantitative estimate of drug-likeness (QED) is 0.711. The van der Waals surface area contributed by atoms with Crippen molar-refractivity contribution < 1.29 is 22.7 Å². The Morgan fingerprint density at radius 1 is 0.897 bits per heavy atom. The number of sulfonamides is 1. The van der Waals surface area contributed by atoms with Crippen molar-refractivity contribution in [2.24, 2.45) is 0 Å². The third kappa shape index (κ3) is 3.66. The average molecular weight is 411 g/mol. The van der Waals surface area contributed by atoms with Gasteiger partial charge in [0.25, 0.3) is 0 Å². The zero-order valence-electron chi connectivity index (χ0n) is 15.3. The molecule has 0 fully saturated rings. The van der Waals surface area contributed by atoms with Crippen molar-refractivity contribution in [1.29, 1.82) is 0 Å². The number of halogens is 1. The topological polar surface area (TPSA) is 74.7 Å². The summed E-state index contributed by atoms with van der Waals surface area (Å²) >= 11 is 0. The maximum atomic E-state index is 13.2. The third-order valence-corrected chi connectivity index (χ3v) is 7.00. The maximum Gasteiger partial charge on any atom is 0.322 e. The summed E-state index contributed by atoms with van der Waals surface area (Å²) < 4.78 is 40.6. The standard InChI is InChI=1S/C22H18FNO4S/c23-19-9-5-15(6-10-19)16-7-11-20(12-8-16)29(27,28)24-14-18-4-2-1-3-17(18)13-21(24)22(25)26/h1-12,21H,13-14H2,(H,25,26)/t21-/m0/s1. The fourth-order valence-corrected chi connectivity index (χ4v) is 5.12. The first-order chi connectivity index (χ1) is 13.9. The molecule has 1 N–H and O–H groups in total. The van der Waals surface area contributed by atoms with Crippen molar-refractivity contribution in [2.75, 3.05) is 0 Å². The number of carbonyl (C=O) groups is 1. The number of rotatable bonds is 4. The Bertz CT molecular complexity index is 1160. The number of hydrogen-bond acceptors (Lipinski definition) is 3. The molecule has 148 valence electrons. The number of hydrogen-bond donors (Lipinski definition) is 1. The van der Waals surface area contributed by atoms with Crippen molar-refractivity contribution in [3.63, 3.8) is 0 Å².